The van der Waals surface area contributed by atoms with E-state index in [1.807, 2.05) is 81.4 Å². The normalized spacial score (nSPS) is 14.6. The van der Waals surface area contributed by atoms with Crippen molar-refractivity contribution in [2.45, 2.75) is 59.5 Å². The molecule has 0 saturated carbocycles. The van der Waals surface area contributed by atoms with Crippen LogP contribution in [-0.2, 0) is 6.54 Å². The molecule has 0 fully saturated rings. The van der Waals surface area contributed by atoms with E-state index >= 15 is 0 Å². The van der Waals surface area contributed by atoms with E-state index in [2.05, 4.69) is 6.92 Å². The zero-order valence-corrected chi connectivity index (χ0v) is 23.1. The fourth-order valence-electron chi connectivity index (χ4n) is 5.42. The predicted octanol–water partition coefficient (Wildman–Crippen LogP) is 7.12. The minimum absolute atomic E-state index is 0.108. The number of ether oxygens (including phenoxy) is 2. The standard InChI is InChI=1S/C33H35NO5/c1-5-7-11-16-38-25-15-14-24(19-26(25)37-6-2)30-29-31(35)28-22(4)17-21(3)18-27(28)39-32(29)33(36)34(30)20-23-12-9-8-10-13-23/h8-10,12-15,17-19,30H,5-7,11,16,20H2,1-4H3. The Bertz CT molecular complexity index is 1560. The molecular weight excluding hydrogens is 490 g/mol. The van der Waals surface area contributed by atoms with E-state index in [0.717, 1.165) is 41.5 Å². The number of amides is 1. The number of nitrogens with zero attached hydrogens (tertiary/aromatic N) is 1. The summed E-state index contributed by atoms with van der Waals surface area (Å²) in [6.07, 6.45) is 3.18. The number of carbonyl (C=O) groups excluding carboxylic acids is 1. The molecule has 1 aromatic heterocycles. The first-order chi connectivity index (χ1) is 18.9. The minimum atomic E-state index is -0.623. The highest BCUT2D eigenvalue weighted by atomic mass is 16.5. The van der Waals surface area contributed by atoms with E-state index in [1.54, 1.807) is 4.90 Å². The maximum atomic E-state index is 14.1. The number of aryl methyl sites for hydroxylation is 2. The van der Waals surface area contributed by atoms with Crippen LogP contribution in [0.2, 0.25) is 0 Å². The quantitative estimate of drug-likeness (QED) is 0.206. The van der Waals surface area contributed by atoms with E-state index < -0.39 is 6.04 Å². The second-order valence-corrected chi connectivity index (χ2v) is 10.1. The zero-order chi connectivity index (χ0) is 27.5. The molecule has 1 unspecified atom stereocenters. The average Bonchev–Trinajstić information content (AvgIpc) is 3.19. The van der Waals surface area contributed by atoms with Gasteiger partial charge in [0.15, 0.2) is 16.9 Å². The van der Waals surface area contributed by atoms with Gasteiger partial charge in [0.1, 0.15) is 5.58 Å². The molecule has 4 aromatic rings. The molecule has 202 valence electrons. The van der Waals surface area contributed by atoms with E-state index in [-0.39, 0.29) is 17.1 Å². The van der Waals surface area contributed by atoms with Gasteiger partial charge in [0.2, 0.25) is 5.76 Å². The Labute approximate surface area is 229 Å². The molecule has 1 amide bonds. The van der Waals surface area contributed by atoms with Crippen LogP contribution in [-0.4, -0.2) is 24.0 Å². The molecule has 0 saturated heterocycles. The zero-order valence-electron chi connectivity index (χ0n) is 23.1. The van der Waals surface area contributed by atoms with Gasteiger partial charge in [0.25, 0.3) is 5.91 Å². The number of rotatable bonds is 10. The molecule has 0 N–H and O–H groups in total. The summed E-state index contributed by atoms with van der Waals surface area (Å²) in [5, 5.41) is 0.514. The smallest absolute Gasteiger partial charge is 0.291 e. The highest BCUT2D eigenvalue weighted by Crippen LogP contribution is 2.42. The molecule has 2 heterocycles. The van der Waals surface area contributed by atoms with Crippen molar-refractivity contribution >= 4 is 16.9 Å². The third-order valence-corrected chi connectivity index (χ3v) is 7.20. The molecule has 6 heteroatoms. The lowest BCUT2D eigenvalue weighted by Gasteiger charge is -2.26. The van der Waals surface area contributed by atoms with Crippen molar-refractivity contribution in [3.8, 4) is 11.5 Å². The van der Waals surface area contributed by atoms with Gasteiger partial charge in [-0.3, -0.25) is 9.59 Å². The molecular formula is C33H35NO5. The Morgan fingerprint density at radius 3 is 2.44 bits per heavy atom. The molecule has 6 nitrogen and oxygen atoms in total. The highest BCUT2D eigenvalue weighted by molar-refractivity contribution is 5.99. The molecule has 5 rings (SSSR count). The first kappa shape index (κ1) is 26.5. The maximum absolute atomic E-state index is 14.1. The summed E-state index contributed by atoms with van der Waals surface area (Å²) >= 11 is 0. The largest absolute Gasteiger partial charge is 0.490 e. The van der Waals surface area contributed by atoms with Gasteiger partial charge in [-0.1, -0.05) is 62.2 Å². The van der Waals surface area contributed by atoms with Crippen LogP contribution >= 0.6 is 0 Å². The molecule has 0 aliphatic carbocycles. The second-order valence-electron chi connectivity index (χ2n) is 10.1. The first-order valence-corrected chi connectivity index (χ1v) is 13.7. The van der Waals surface area contributed by atoms with Crippen molar-refractivity contribution in [2.75, 3.05) is 13.2 Å². The fraction of sp³-hybridized carbons (Fsp3) is 0.333. The SMILES string of the molecule is CCCCCOc1ccc(C2c3c(oc4cc(C)cc(C)c4c3=O)C(=O)N2Cc2ccccc2)cc1OCC. The third-order valence-electron chi connectivity index (χ3n) is 7.20. The molecule has 1 atom stereocenters. The van der Waals surface area contributed by atoms with Gasteiger partial charge >= 0.3 is 0 Å². The Hall–Kier alpha value is -4.06. The summed E-state index contributed by atoms with van der Waals surface area (Å²) in [4.78, 5) is 29.7. The number of hydrogen-bond donors (Lipinski definition) is 0. The number of carbonyl (C=O) groups is 1. The summed E-state index contributed by atoms with van der Waals surface area (Å²) in [6.45, 7) is 9.35. The number of fused-ring (bicyclic) bond motifs is 2. The summed E-state index contributed by atoms with van der Waals surface area (Å²) in [7, 11) is 0. The first-order valence-electron chi connectivity index (χ1n) is 13.7. The molecule has 39 heavy (non-hydrogen) atoms. The van der Waals surface area contributed by atoms with Crippen molar-refractivity contribution in [3.05, 3.63) is 104 Å². The van der Waals surface area contributed by atoms with Crippen LogP contribution in [0.3, 0.4) is 0 Å². The lowest BCUT2D eigenvalue weighted by molar-refractivity contribution is 0.0714. The third kappa shape index (κ3) is 5.16. The lowest BCUT2D eigenvalue weighted by Crippen LogP contribution is -2.29. The Morgan fingerprint density at radius 1 is 0.897 bits per heavy atom. The molecule has 0 radical (unpaired) electrons. The molecule has 1 aliphatic rings. The van der Waals surface area contributed by atoms with Gasteiger partial charge in [-0.15, -0.1) is 0 Å². The van der Waals surface area contributed by atoms with E-state index in [4.69, 9.17) is 13.9 Å². The van der Waals surface area contributed by atoms with Gasteiger partial charge in [-0.05, 0) is 67.6 Å². The molecule has 3 aromatic carbocycles. The minimum Gasteiger partial charge on any atom is -0.490 e. The Kier molecular flexibility index (Phi) is 7.73. The summed E-state index contributed by atoms with van der Waals surface area (Å²) in [5.41, 5.74) is 4.19. The summed E-state index contributed by atoms with van der Waals surface area (Å²) in [5.74, 6) is 1.07. The number of unbranched alkanes of at least 4 members (excludes halogenated alkanes) is 2. The van der Waals surface area contributed by atoms with Gasteiger partial charge in [-0.25, -0.2) is 0 Å². The van der Waals surface area contributed by atoms with Crippen LogP contribution in [0, 0.1) is 13.8 Å². The number of benzene rings is 3. The average molecular weight is 526 g/mol. The maximum Gasteiger partial charge on any atom is 0.291 e. The van der Waals surface area contributed by atoms with Crippen molar-refractivity contribution < 1.29 is 18.7 Å². The Morgan fingerprint density at radius 2 is 1.69 bits per heavy atom. The topological polar surface area (TPSA) is 69.0 Å². The molecule has 0 bridgehead atoms. The summed E-state index contributed by atoms with van der Waals surface area (Å²) < 4.78 is 18.2. The van der Waals surface area contributed by atoms with Crippen molar-refractivity contribution in [1.29, 1.82) is 0 Å². The van der Waals surface area contributed by atoms with E-state index in [0.29, 0.717) is 47.8 Å². The molecule has 0 spiro atoms. The number of hydrogen-bond acceptors (Lipinski definition) is 5. The van der Waals surface area contributed by atoms with E-state index in [9.17, 15) is 9.59 Å². The monoisotopic (exact) mass is 525 g/mol. The van der Waals surface area contributed by atoms with Crippen molar-refractivity contribution in [2.24, 2.45) is 0 Å². The van der Waals surface area contributed by atoms with Crippen LogP contribution < -0.4 is 14.9 Å². The summed E-state index contributed by atoms with van der Waals surface area (Å²) in [6, 6.07) is 18.7. The van der Waals surface area contributed by atoms with Crippen LogP contribution in [0.4, 0.5) is 0 Å². The predicted molar refractivity (Wildman–Crippen MR) is 153 cm³/mol. The van der Waals surface area contributed by atoms with Crippen LogP contribution in [0.1, 0.15) is 77.5 Å². The van der Waals surface area contributed by atoms with Crippen LogP contribution in [0.5, 0.6) is 11.5 Å². The second kappa shape index (κ2) is 11.4. The van der Waals surface area contributed by atoms with Gasteiger partial charge < -0.3 is 18.8 Å². The van der Waals surface area contributed by atoms with Crippen molar-refractivity contribution in [1.82, 2.24) is 4.90 Å². The Balaban J connectivity index is 1.65. The highest BCUT2D eigenvalue weighted by Gasteiger charge is 2.43. The van der Waals surface area contributed by atoms with Crippen LogP contribution in [0.15, 0.2) is 69.9 Å². The van der Waals surface area contributed by atoms with Gasteiger partial charge in [0.05, 0.1) is 30.2 Å². The molecule has 1 aliphatic heterocycles. The van der Waals surface area contributed by atoms with Crippen molar-refractivity contribution in [3.63, 3.8) is 0 Å². The lowest BCUT2D eigenvalue weighted by atomic mass is 9.96. The van der Waals surface area contributed by atoms with Gasteiger partial charge in [-0.2, -0.15) is 0 Å². The fourth-order valence-corrected chi connectivity index (χ4v) is 5.42. The van der Waals surface area contributed by atoms with E-state index in [1.165, 1.54) is 0 Å². The van der Waals surface area contributed by atoms with Gasteiger partial charge in [0, 0.05) is 6.54 Å². The van der Waals surface area contributed by atoms with Crippen LogP contribution in [0.25, 0.3) is 11.0 Å².